The van der Waals surface area contributed by atoms with Gasteiger partial charge in [0.1, 0.15) is 0 Å². The van der Waals surface area contributed by atoms with Crippen LogP contribution in [0.15, 0.2) is 24.7 Å². The maximum Gasteiger partial charge on any atom is 0.227 e. The summed E-state index contributed by atoms with van der Waals surface area (Å²) in [5.74, 6) is 0.506. The lowest BCUT2D eigenvalue weighted by molar-refractivity contribution is 0.122. The van der Waals surface area contributed by atoms with Crippen molar-refractivity contribution in [1.29, 1.82) is 0 Å². The van der Waals surface area contributed by atoms with Crippen LogP contribution in [0.2, 0.25) is 0 Å². The molecule has 8 heteroatoms. The Morgan fingerprint density at radius 1 is 1.35 bits per heavy atom. The number of hydrogen-bond acceptors (Lipinski definition) is 6. The first-order valence-electron chi connectivity index (χ1n) is 7.78. The van der Waals surface area contributed by atoms with Gasteiger partial charge in [0.15, 0.2) is 11.6 Å². The number of morpholine rings is 1. The Labute approximate surface area is 134 Å². The Hall–Kier alpha value is -2.22. The summed E-state index contributed by atoms with van der Waals surface area (Å²) in [6.45, 7) is 4.09. The fourth-order valence-electron chi connectivity index (χ4n) is 2.53. The van der Waals surface area contributed by atoms with Crippen molar-refractivity contribution >= 4 is 11.8 Å². The molecule has 0 saturated carbocycles. The highest BCUT2D eigenvalue weighted by atomic mass is 19.1. The van der Waals surface area contributed by atoms with Gasteiger partial charge >= 0.3 is 0 Å². The Morgan fingerprint density at radius 3 is 2.91 bits per heavy atom. The van der Waals surface area contributed by atoms with Crippen molar-refractivity contribution < 1.29 is 9.13 Å². The zero-order valence-corrected chi connectivity index (χ0v) is 13.2. The van der Waals surface area contributed by atoms with Crippen molar-refractivity contribution in [3.63, 3.8) is 0 Å². The number of anilines is 2. The molecule has 0 N–H and O–H groups in total. The predicted octanol–water partition coefficient (Wildman–Crippen LogP) is 1.18. The third-order valence-electron chi connectivity index (χ3n) is 3.80. The van der Waals surface area contributed by atoms with Crippen molar-refractivity contribution in [2.45, 2.75) is 13.0 Å². The molecule has 3 rings (SSSR count). The molecule has 124 valence electrons. The summed E-state index contributed by atoms with van der Waals surface area (Å²) < 4.78 is 21.2. The normalized spacial score (nSPS) is 15.0. The highest BCUT2D eigenvalue weighted by Gasteiger charge is 2.18. The zero-order chi connectivity index (χ0) is 16.1. The maximum absolute atomic E-state index is 14.0. The Bertz CT molecular complexity index is 614. The quantitative estimate of drug-likeness (QED) is 0.796. The van der Waals surface area contributed by atoms with Crippen molar-refractivity contribution in [3.05, 3.63) is 30.5 Å². The highest BCUT2D eigenvalue weighted by Crippen LogP contribution is 2.19. The van der Waals surface area contributed by atoms with Gasteiger partial charge in [0.2, 0.25) is 5.95 Å². The molecule has 1 aliphatic rings. The van der Waals surface area contributed by atoms with Crippen LogP contribution in [0.4, 0.5) is 16.2 Å². The van der Waals surface area contributed by atoms with Gasteiger partial charge in [-0.25, -0.2) is 9.37 Å². The molecule has 3 heterocycles. The molecule has 2 aromatic heterocycles. The first kappa shape index (κ1) is 15.7. The summed E-state index contributed by atoms with van der Waals surface area (Å²) in [5.41, 5.74) is 0. The molecule has 2 aromatic rings. The highest BCUT2D eigenvalue weighted by molar-refractivity contribution is 5.45. The zero-order valence-electron chi connectivity index (χ0n) is 13.2. The minimum atomic E-state index is -0.388. The molecule has 0 radical (unpaired) electrons. The van der Waals surface area contributed by atoms with Crippen LogP contribution >= 0.6 is 0 Å². The molecule has 0 atom stereocenters. The van der Waals surface area contributed by atoms with Gasteiger partial charge in [-0.3, -0.25) is 4.68 Å². The number of halogens is 1. The molecule has 0 aromatic carbocycles. The van der Waals surface area contributed by atoms with Crippen molar-refractivity contribution in [3.8, 4) is 0 Å². The molecule has 0 amide bonds. The average Bonchev–Trinajstić information content (AvgIpc) is 3.09. The largest absolute Gasteiger partial charge is 0.378 e. The van der Waals surface area contributed by atoms with Gasteiger partial charge < -0.3 is 14.5 Å². The second-order valence-electron chi connectivity index (χ2n) is 5.49. The minimum Gasteiger partial charge on any atom is -0.378 e. The molecule has 1 saturated heterocycles. The lowest BCUT2D eigenvalue weighted by atomic mass is 10.4. The first-order valence-corrected chi connectivity index (χ1v) is 7.78. The van der Waals surface area contributed by atoms with Gasteiger partial charge in [0, 0.05) is 45.6 Å². The summed E-state index contributed by atoms with van der Waals surface area (Å²) in [6, 6.07) is 1.90. The van der Waals surface area contributed by atoms with Gasteiger partial charge in [-0.1, -0.05) is 0 Å². The second-order valence-corrected chi connectivity index (χ2v) is 5.49. The van der Waals surface area contributed by atoms with Crippen molar-refractivity contribution in [2.75, 3.05) is 49.7 Å². The number of hydrogen-bond donors (Lipinski definition) is 0. The van der Waals surface area contributed by atoms with Crippen LogP contribution < -0.4 is 9.80 Å². The van der Waals surface area contributed by atoms with Crippen LogP contribution in [0.1, 0.15) is 6.42 Å². The van der Waals surface area contributed by atoms with Gasteiger partial charge in [-0.05, 0) is 12.5 Å². The third-order valence-corrected chi connectivity index (χ3v) is 3.80. The molecular weight excluding hydrogens is 299 g/mol. The van der Waals surface area contributed by atoms with Crippen molar-refractivity contribution in [2.24, 2.45) is 0 Å². The maximum atomic E-state index is 14.0. The molecule has 0 bridgehead atoms. The molecule has 7 nitrogen and oxygen atoms in total. The fourth-order valence-corrected chi connectivity index (χ4v) is 2.53. The van der Waals surface area contributed by atoms with E-state index in [0.717, 1.165) is 19.5 Å². The van der Waals surface area contributed by atoms with E-state index in [-0.39, 0.29) is 5.82 Å². The van der Waals surface area contributed by atoms with Crippen LogP contribution in [-0.2, 0) is 11.3 Å². The molecule has 23 heavy (non-hydrogen) atoms. The molecule has 1 fully saturated rings. The smallest absolute Gasteiger partial charge is 0.227 e. The summed E-state index contributed by atoms with van der Waals surface area (Å²) in [5, 5.41) is 4.17. The number of nitrogens with zero attached hydrogens (tertiary/aromatic N) is 6. The Balaban J connectivity index is 1.62. The van der Waals surface area contributed by atoms with Crippen LogP contribution in [-0.4, -0.2) is 59.6 Å². The fraction of sp³-hybridized carbons (Fsp3) is 0.533. The summed E-state index contributed by atoms with van der Waals surface area (Å²) >= 11 is 0. The van der Waals surface area contributed by atoms with Crippen LogP contribution in [0.25, 0.3) is 0 Å². The Morgan fingerprint density at radius 2 is 2.17 bits per heavy atom. The van der Waals surface area contributed by atoms with E-state index in [1.54, 1.807) is 6.20 Å². The SMILES string of the molecule is CN(CCCn1cccn1)c1ncc(F)c(N2CCOCC2)n1. The third kappa shape index (κ3) is 3.95. The van der Waals surface area contributed by atoms with Crippen LogP contribution in [0.3, 0.4) is 0 Å². The van der Waals surface area contributed by atoms with Crippen molar-refractivity contribution in [1.82, 2.24) is 19.7 Å². The number of ether oxygens (including phenoxy) is 1. The van der Waals surface area contributed by atoms with E-state index in [4.69, 9.17) is 4.74 Å². The molecular formula is C15H21FN6O. The summed E-state index contributed by atoms with van der Waals surface area (Å²) in [7, 11) is 1.92. The van der Waals surface area contributed by atoms with Gasteiger partial charge in [0.25, 0.3) is 0 Å². The summed E-state index contributed by atoms with van der Waals surface area (Å²) in [6.07, 6.45) is 5.86. The number of rotatable bonds is 6. The van der Waals surface area contributed by atoms with E-state index in [0.29, 0.717) is 38.1 Å². The van der Waals surface area contributed by atoms with E-state index >= 15 is 0 Å². The standard InChI is InChI=1S/C15H21FN6O/c1-20(5-3-7-22-6-2-4-18-22)15-17-12-13(16)14(19-15)21-8-10-23-11-9-21/h2,4,6,12H,3,5,7-11H2,1H3. The lowest BCUT2D eigenvalue weighted by Crippen LogP contribution is -2.37. The minimum absolute atomic E-state index is 0.359. The van der Waals surface area contributed by atoms with E-state index in [9.17, 15) is 4.39 Å². The Kier molecular flexibility index (Phi) is 5.02. The van der Waals surface area contributed by atoms with Gasteiger partial charge in [-0.2, -0.15) is 10.1 Å². The molecule has 0 unspecified atom stereocenters. The topological polar surface area (TPSA) is 59.3 Å². The molecule has 1 aliphatic heterocycles. The van der Waals surface area contributed by atoms with Crippen LogP contribution in [0.5, 0.6) is 0 Å². The van der Waals surface area contributed by atoms with Crippen LogP contribution in [0, 0.1) is 5.82 Å². The van der Waals surface area contributed by atoms with E-state index < -0.39 is 0 Å². The number of aromatic nitrogens is 4. The van der Waals surface area contributed by atoms with E-state index in [2.05, 4.69) is 15.1 Å². The van der Waals surface area contributed by atoms with E-state index in [1.165, 1.54) is 6.20 Å². The lowest BCUT2D eigenvalue weighted by Gasteiger charge is -2.28. The molecule has 0 spiro atoms. The predicted molar refractivity (Wildman–Crippen MR) is 85.1 cm³/mol. The second kappa shape index (κ2) is 7.36. The molecule has 0 aliphatic carbocycles. The first-order chi connectivity index (χ1) is 11.2. The van der Waals surface area contributed by atoms with Gasteiger partial charge in [-0.15, -0.1) is 0 Å². The van der Waals surface area contributed by atoms with Gasteiger partial charge in [0.05, 0.1) is 19.4 Å². The number of aryl methyl sites for hydroxylation is 1. The monoisotopic (exact) mass is 320 g/mol. The summed E-state index contributed by atoms with van der Waals surface area (Å²) in [4.78, 5) is 12.3. The van der Waals surface area contributed by atoms with E-state index in [1.807, 2.05) is 33.8 Å². The average molecular weight is 320 g/mol.